The number of carbonyl (C=O) groups excluding carboxylic acids is 1. The van der Waals surface area contributed by atoms with E-state index in [1.165, 1.54) is 18.2 Å². The molecule has 0 aliphatic heterocycles. The van der Waals surface area contributed by atoms with Crippen LogP contribution >= 0.6 is 0 Å². The molecule has 0 unspecified atom stereocenters. The van der Waals surface area contributed by atoms with E-state index in [-0.39, 0.29) is 22.8 Å². The van der Waals surface area contributed by atoms with E-state index < -0.39 is 11.9 Å². The SMILES string of the molecule is O=C(O)c1ccccc1NC(=O)c1nn(-c2ccc(F)cc2)c2c1CCC2. The molecule has 0 spiro atoms. The van der Waals surface area contributed by atoms with Crippen molar-refractivity contribution in [2.24, 2.45) is 0 Å². The summed E-state index contributed by atoms with van der Waals surface area (Å²) in [6, 6.07) is 12.1. The maximum absolute atomic E-state index is 13.2. The number of nitrogens with zero attached hydrogens (tertiary/aromatic N) is 2. The number of aromatic carboxylic acids is 1. The fourth-order valence-electron chi connectivity index (χ4n) is 3.38. The number of carboxylic acid groups (broad SMARTS) is 1. The van der Waals surface area contributed by atoms with Crippen molar-refractivity contribution in [3.8, 4) is 5.69 Å². The van der Waals surface area contributed by atoms with Crippen LogP contribution in [0.2, 0.25) is 0 Å². The van der Waals surface area contributed by atoms with Crippen molar-refractivity contribution in [3.63, 3.8) is 0 Å². The quantitative estimate of drug-likeness (QED) is 0.742. The van der Waals surface area contributed by atoms with Gasteiger partial charge in [-0.05, 0) is 55.7 Å². The lowest BCUT2D eigenvalue weighted by Gasteiger charge is -2.07. The number of para-hydroxylation sites is 1. The van der Waals surface area contributed by atoms with E-state index in [9.17, 15) is 19.1 Å². The molecule has 0 atom stereocenters. The number of hydrogen-bond donors (Lipinski definition) is 2. The average molecular weight is 365 g/mol. The van der Waals surface area contributed by atoms with E-state index in [4.69, 9.17) is 0 Å². The first-order chi connectivity index (χ1) is 13.0. The first-order valence-electron chi connectivity index (χ1n) is 8.55. The standard InChI is InChI=1S/C20H16FN3O3/c21-12-8-10-13(11-9-12)24-17-7-3-5-15(17)18(23-24)19(25)22-16-6-2-1-4-14(16)20(26)27/h1-2,4,6,8-11H,3,5,7H2,(H,22,25)(H,26,27). The zero-order valence-electron chi connectivity index (χ0n) is 14.3. The molecule has 2 aromatic carbocycles. The molecule has 2 N–H and O–H groups in total. The van der Waals surface area contributed by atoms with Gasteiger partial charge in [0.25, 0.3) is 5.91 Å². The van der Waals surface area contributed by atoms with Crippen molar-refractivity contribution in [2.45, 2.75) is 19.3 Å². The number of carboxylic acids is 1. The van der Waals surface area contributed by atoms with Crippen molar-refractivity contribution in [2.75, 3.05) is 5.32 Å². The van der Waals surface area contributed by atoms with E-state index >= 15 is 0 Å². The van der Waals surface area contributed by atoms with Gasteiger partial charge in [0.05, 0.1) is 16.9 Å². The second-order valence-corrected chi connectivity index (χ2v) is 6.32. The molecule has 3 aromatic rings. The van der Waals surface area contributed by atoms with Crippen LogP contribution in [-0.4, -0.2) is 26.8 Å². The fourth-order valence-corrected chi connectivity index (χ4v) is 3.38. The Kier molecular flexibility index (Phi) is 4.19. The molecule has 0 saturated carbocycles. The molecule has 1 aliphatic carbocycles. The second-order valence-electron chi connectivity index (χ2n) is 6.32. The van der Waals surface area contributed by atoms with Gasteiger partial charge in [0.15, 0.2) is 5.69 Å². The van der Waals surface area contributed by atoms with Gasteiger partial charge in [0, 0.05) is 11.3 Å². The number of benzene rings is 2. The third-order valence-electron chi connectivity index (χ3n) is 4.62. The lowest BCUT2D eigenvalue weighted by molar-refractivity contribution is 0.0698. The number of nitrogens with one attached hydrogen (secondary N) is 1. The van der Waals surface area contributed by atoms with E-state index in [1.807, 2.05) is 0 Å². The zero-order chi connectivity index (χ0) is 19.0. The molecule has 136 valence electrons. The monoisotopic (exact) mass is 365 g/mol. The molecule has 1 aromatic heterocycles. The average Bonchev–Trinajstić information content (AvgIpc) is 3.25. The van der Waals surface area contributed by atoms with Gasteiger partial charge in [-0.3, -0.25) is 4.79 Å². The van der Waals surface area contributed by atoms with Gasteiger partial charge >= 0.3 is 5.97 Å². The van der Waals surface area contributed by atoms with Gasteiger partial charge in [-0.15, -0.1) is 0 Å². The Morgan fingerprint density at radius 3 is 2.56 bits per heavy atom. The third-order valence-corrected chi connectivity index (χ3v) is 4.62. The molecule has 4 rings (SSSR count). The Bertz CT molecular complexity index is 1040. The second kappa shape index (κ2) is 6.68. The van der Waals surface area contributed by atoms with Gasteiger partial charge in [0.2, 0.25) is 0 Å². The minimum atomic E-state index is -1.12. The lowest BCUT2D eigenvalue weighted by Crippen LogP contribution is -2.17. The van der Waals surface area contributed by atoms with Crippen LogP contribution in [0.4, 0.5) is 10.1 Å². The summed E-state index contributed by atoms with van der Waals surface area (Å²) >= 11 is 0. The zero-order valence-corrected chi connectivity index (χ0v) is 14.3. The number of hydrogen-bond acceptors (Lipinski definition) is 3. The summed E-state index contributed by atoms with van der Waals surface area (Å²) in [4.78, 5) is 24.1. The van der Waals surface area contributed by atoms with Crippen LogP contribution in [0.15, 0.2) is 48.5 Å². The number of halogens is 1. The molecule has 0 fully saturated rings. The van der Waals surface area contributed by atoms with Gasteiger partial charge in [-0.2, -0.15) is 5.10 Å². The number of rotatable bonds is 4. The minimum absolute atomic E-state index is 0.0143. The number of carbonyl (C=O) groups is 2. The molecule has 1 aliphatic rings. The summed E-state index contributed by atoms with van der Waals surface area (Å²) in [5, 5.41) is 16.4. The van der Waals surface area contributed by atoms with Crippen molar-refractivity contribution in [1.82, 2.24) is 9.78 Å². The largest absolute Gasteiger partial charge is 0.478 e. The molecular formula is C20H16FN3O3. The van der Waals surface area contributed by atoms with Crippen LogP contribution in [-0.2, 0) is 12.8 Å². The molecule has 0 saturated heterocycles. The highest BCUT2D eigenvalue weighted by Crippen LogP contribution is 2.28. The van der Waals surface area contributed by atoms with Crippen LogP contribution in [0, 0.1) is 5.82 Å². The highest BCUT2D eigenvalue weighted by molar-refractivity contribution is 6.07. The fraction of sp³-hybridized carbons (Fsp3) is 0.150. The summed E-state index contributed by atoms with van der Waals surface area (Å²) in [6.45, 7) is 0. The third kappa shape index (κ3) is 3.08. The van der Waals surface area contributed by atoms with Gasteiger partial charge in [0.1, 0.15) is 5.82 Å². The molecular weight excluding hydrogens is 349 g/mol. The maximum atomic E-state index is 13.2. The van der Waals surface area contributed by atoms with E-state index in [1.54, 1.807) is 35.0 Å². The van der Waals surface area contributed by atoms with Crippen LogP contribution in [0.5, 0.6) is 0 Å². The number of anilines is 1. The van der Waals surface area contributed by atoms with Crippen molar-refractivity contribution in [3.05, 3.63) is 76.9 Å². The predicted octanol–water partition coefficient (Wildman–Crippen LogP) is 3.45. The highest BCUT2D eigenvalue weighted by Gasteiger charge is 2.27. The topological polar surface area (TPSA) is 84.2 Å². The summed E-state index contributed by atoms with van der Waals surface area (Å²) in [6.07, 6.45) is 2.40. The van der Waals surface area contributed by atoms with E-state index in [0.29, 0.717) is 5.69 Å². The van der Waals surface area contributed by atoms with Crippen LogP contribution in [0.3, 0.4) is 0 Å². The Morgan fingerprint density at radius 2 is 1.81 bits per heavy atom. The van der Waals surface area contributed by atoms with E-state index in [0.717, 1.165) is 30.5 Å². The number of fused-ring (bicyclic) bond motifs is 1. The first kappa shape index (κ1) is 17.0. The predicted molar refractivity (Wildman–Crippen MR) is 96.9 cm³/mol. The summed E-state index contributed by atoms with van der Waals surface area (Å²) < 4.78 is 14.9. The van der Waals surface area contributed by atoms with Gasteiger partial charge in [-0.25, -0.2) is 13.9 Å². The molecule has 1 amide bonds. The van der Waals surface area contributed by atoms with Crippen molar-refractivity contribution >= 4 is 17.6 Å². The van der Waals surface area contributed by atoms with Crippen LogP contribution in [0.25, 0.3) is 5.69 Å². The van der Waals surface area contributed by atoms with Gasteiger partial charge in [-0.1, -0.05) is 12.1 Å². The molecule has 7 heteroatoms. The number of amides is 1. The maximum Gasteiger partial charge on any atom is 0.337 e. The normalized spacial score (nSPS) is 12.6. The summed E-state index contributed by atoms with van der Waals surface area (Å²) in [5.41, 5.74) is 2.97. The summed E-state index contributed by atoms with van der Waals surface area (Å²) in [7, 11) is 0. The minimum Gasteiger partial charge on any atom is -0.478 e. The van der Waals surface area contributed by atoms with Gasteiger partial charge < -0.3 is 10.4 Å². The Balaban J connectivity index is 1.71. The first-order valence-corrected chi connectivity index (χ1v) is 8.55. The highest BCUT2D eigenvalue weighted by atomic mass is 19.1. The lowest BCUT2D eigenvalue weighted by atomic mass is 10.1. The van der Waals surface area contributed by atoms with E-state index in [2.05, 4.69) is 10.4 Å². The van der Waals surface area contributed by atoms with Crippen LogP contribution in [0.1, 0.15) is 38.5 Å². The Labute approximate surface area is 154 Å². The van der Waals surface area contributed by atoms with Crippen molar-refractivity contribution in [1.29, 1.82) is 0 Å². The molecule has 6 nitrogen and oxygen atoms in total. The molecule has 27 heavy (non-hydrogen) atoms. The molecule has 0 radical (unpaired) electrons. The Hall–Kier alpha value is -3.48. The van der Waals surface area contributed by atoms with Crippen molar-refractivity contribution < 1.29 is 19.1 Å². The smallest absolute Gasteiger partial charge is 0.337 e. The molecule has 1 heterocycles. The summed E-state index contributed by atoms with van der Waals surface area (Å²) in [5.74, 6) is -1.92. The Morgan fingerprint density at radius 1 is 1.07 bits per heavy atom. The van der Waals surface area contributed by atoms with Crippen LogP contribution < -0.4 is 5.32 Å². The molecule has 0 bridgehead atoms. The number of aromatic nitrogens is 2.